The molecule has 0 unspecified atom stereocenters. The van der Waals surface area contributed by atoms with Crippen LogP contribution >= 0.6 is 11.3 Å². The van der Waals surface area contributed by atoms with Crippen LogP contribution in [0.1, 0.15) is 11.3 Å². The number of urea groups is 1. The molecule has 0 aliphatic rings. The normalized spacial score (nSPS) is 10.3. The molecule has 3 aromatic rings. The Labute approximate surface area is 159 Å². The van der Waals surface area contributed by atoms with Crippen LogP contribution in [-0.2, 0) is 11.2 Å². The van der Waals surface area contributed by atoms with Gasteiger partial charge in [-0.25, -0.2) is 14.2 Å². The van der Waals surface area contributed by atoms with Gasteiger partial charge in [0.2, 0.25) is 5.91 Å². The summed E-state index contributed by atoms with van der Waals surface area (Å²) in [6, 6.07) is 12.5. The molecule has 138 valence electrons. The standard InChI is InChI=1S/C19H17FN4O2S/c1-12-2-6-15(7-3-12)22-18(26)24-19-23-16(11-27-19)10-17(25)21-14-8-4-13(20)5-9-14/h2-9,11H,10H2,1H3,(H,21,25)(H2,22,23,24,26). The monoisotopic (exact) mass is 384 g/mol. The van der Waals surface area contributed by atoms with Crippen LogP contribution in [0.3, 0.4) is 0 Å². The van der Waals surface area contributed by atoms with Crippen molar-refractivity contribution in [1.29, 1.82) is 0 Å². The second-order valence-corrected chi connectivity index (χ2v) is 6.68. The molecule has 6 nitrogen and oxygen atoms in total. The number of amides is 3. The van der Waals surface area contributed by atoms with Crippen molar-refractivity contribution >= 4 is 39.8 Å². The highest BCUT2D eigenvalue weighted by atomic mass is 32.1. The SMILES string of the molecule is Cc1ccc(NC(=O)Nc2nc(CC(=O)Nc3ccc(F)cc3)cs2)cc1. The van der Waals surface area contributed by atoms with Crippen LogP contribution < -0.4 is 16.0 Å². The second-order valence-electron chi connectivity index (χ2n) is 5.82. The number of anilines is 3. The summed E-state index contributed by atoms with van der Waals surface area (Å²) in [5.41, 5.74) is 2.82. The molecule has 0 aliphatic carbocycles. The van der Waals surface area contributed by atoms with Crippen LogP contribution in [0.25, 0.3) is 0 Å². The van der Waals surface area contributed by atoms with Gasteiger partial charge >= 0.3 is 6.03 Å². The number of carbonyl (C=O) groups excluding carboxylic acids is 2. The Bertz CT molecular complexity index is 863. The van der Waals surface area contributed by atoms with Gasteiger partial charge in [0.25, 0.3) is 0 Å². The maximum absolute atomic E-state index is 12.9. The van der Waals surface area contributed by atoms with Gasteiger partial charge in [-0.15, -0.1) is 11.3 Å². The number of hydrogen-bond acceptors (Lipinski definition) is 4. The van der Waals surface area contributed by atoms with E-state index in [0.29, 0.717) is 22.2 Å². The number of thiazole rings is 1. The Balaban J connectivity index is 1.51. The largest absolute Gasteiger partial charge is 0.326 e. The first kappa shape index (κ1) is 18.5. The van der Waals surface area contributed by atoms with Gasteiger partial charge in [0, 0.05) is 16.8 Å². The van der Waals surface area contributed by atoms with Crippen LogP contribution in [0.2, 0.25) is 0 Å². The van der Waals surface area contributed by atoms with Crippen LogP contribution in [0.5, 0.6) is 0 Å². The number of nitrogens with zero attached hydrogens (tertiary/aromatic N) is 1. The maximum atomic E-state index is 12.9. The van der Waals surface area contributed by atoms with E-state index in [4.69, 9.17) is 0 Å². The van der Waals surface area contributed by atoms with Crippen LogP contribution in [-0.4, -0.2) is 16.9 Å². The smallest absolute Gasteiger partial charge is 0.325 e. The lowest BCUT2D eigenvalue weighted by atomic mass is 10.2. The van der Waals surface area contributed by atoms with Crippen molar-refractivity contribution in [2.45, 2.75) is 13.3 Å². The van der Waals surface area contributed by atoms with E-state index < -0.39 is 6.03 Å². The number of benzene rings is 2. The molecule has 0 radical (unpaired) electrons. The molecule has 0 saturated heterocycles. The molecule has 1 aromatic heterocycles. The van der Waals surface area contributed by atoms with Crippen molar-refractivity contribution in [3.8, 4) is 0 Å². The molecule has 0 spiro atoms. The zero-order chi connectivity index (χ0) is 19.2. The molecular weight excluding hydrogens is 367 g/mol. The Morgan fingerprint density at radius 1 is 0.963 bits per heavy atom. The molecule has 0 bridgehead atoms. The van der Waals surface area contributed by atoms with E-state index in [0.717, 1.165) is 5.56 Å². The highest BCUT2D eigenvalue weighted by molar-refractivity contribution is 7.14. The van der Waals surface area contributed by atoms with Crippen LogP contribution in [0, 0.1) is 12.7 Å². The van der Waals surface area contributed by atoms with Crippen molar-refractivity contribution in [2.75, 3.05) is 16.0 Å². The Morgan fingerprint density at radius 3 is 2.30 bits per heavy atom. The summed E-state index contributed by atoms with van der Waals surface area (Å²) in [6.07, 6.45) is 0.0507. The zero-order valence-electron chi connectivity index (χ0n) is 14.5. The highest BCUT2D eigenvalue weighted by Gasteiger charge is 2.10. The van der Waals surface area contributed by atoms with Crippen molar-refractivity contribution in [1.82, 2.24) is 4.98 Å². The van der Waals surface area contributed by atoms with Gasteiger partial charge in [-0.3, -0.25) is 10.1 Å². The summed E-state index contributed by atoms with van der Waals surface area (Å²) < 4.78 is 12.9. The molecule has 2 aromatic carbocycles. The number of hydrogen-bond donors (Lipinski definition) is 3. The Kier molecular flexibility index (Phi) is 5.77. The molecule has 3 N–H and O–H groups in total. The van der Waals surface area contributed by atoms with Gasteiger partial charge in [0.05, 0.1) is 12.1 Å². The van der Waals surface area contributed by atoms with E-state index in [2.05, 4.69) is 20.9 Å². The fraction of sp³-hybridized carbons (Fsp3) is 0.105. The summed E-state index contributed by atoms with van der Waals surface area (Å²) >= 11 is 1.23. The predicted molar refractivity (Wildman–Crippen MR) is 105 cm³/mol. The number of nitrogens with one attached hydrogen (secondary N) is 3. The molecule has 27 heavy (non-hydrogen) atoms. The number of halogens is 1. The third-order valence-electron chi connectivity index (χ3n) is 3.55. The average molecular weight is 384 g/mol. The zero-order valence-corrected chi connectivity index (χ0v) is 15.3. The number of aromatic nitrogens is 1. The molecule has 0 atom stereocenters. The second kappa shape index (κ2) is 8.41. The highest BCUT2D eigenvalue weighted by Crippen LogP contribution is 2.17. The topological polar surface area (TPSA) is 83.1 Å². The minimum absolute atomic E-state index is 0.0507. The summed E-state index contributed by atoms with van der Waals surface area (Å²) in [4.78, 5) is 28.3. The minimum Gasteiger partial charge on any atom is -0.326 e. The van der Waals surface area contributed by atoms with E-state index >= 15 is 0 Å². The summed E-state index contributed by atoms with van der Waals surface area (Å²) in [5.74, 6) is -0.644. The van der Waals surface area contributed by atoms with Crippen molar-refractivity contribution in [3.05, 3.63) is 71.0 Å². The molecule has 3 rings (SSSR count). The first-order chi connectivity index (χ1) is 13.0. The summed E-state index contributed by atoms with van der Waals surface area (Å²) in [5, 5.41) is 10.1. The quantitative estimate of drug-likeness (QED) is 0.609. The molecule has 0 saturated carbocycles. The lowest BCUT2D eigenvalue weighted by Gasteiger charge is -2.05. The number of rotatable bonds is 5. The maximum Gasteiger partial charge on any atom is 0.325 e. The molecule has 1 heterocycles. The first-order valence-electron chi connectivity index (χ1n) is 8.12. The van der Waals surface area contributed by atoms with Gasteiger partial charge < -0.3 is 10.6 Å². The van der Waals surface area contributed by atoms with Crippen molar-refractivity contribution in [3.63, 3.8) is 0 Å². The van der Waals surface area contributed by atoms with Crippen molar-refractivity contribution < 1.29 is 14.0 Å². The predicted octanol–water partition coefficient (Wildman–Crippen LogP) is 4.42. The van der Waals surface area contributed by atoms with Gasteiger partial charge in [-0.2, -0.15) is 0 Å². The summed E-state index contributed by atoms with van der Waals surface area (Å²) in [6.45, 7) is 1.97. The molecular formula is C19H17FN4O2S. The third kappa shape index (κ3) is 5.61. The molecule has 0 fully saturated rings. The lowest BCUT2D eigenvalue weighted by Crippen LogP contribution is -2.19. The lowest BCUT2D eigenvalue weighted by molar-refractivity contribution is -0.115. The van der Waals surface area contributed by atoms with Gasteiger partial charge in [0.15, 0.2) is 5.13 Å². The first-order valence-corrected chi connectivity index (χ1v) is 9.00. The summed E-state index contributed by atoms with van der Waals surface area (Å²) in [7, 11) is 0. The number of aryl methyl sites for hydroxylation is 1. The van der Waals surface area contributed by atoms with E-state index in [1.165, 1.54) is 35.6 Å². The molecule has 8 heteroatoms. The van der Waals surface area contributed by atoms with E-state index in [-0.39, 0.29) is 18.1 Å². The van der Waals surface area contributed by atoms with Gasteiger partial charge in [0.1, 0.15) is 5.82 Å². The Hall–Kier alpha value is -3.26. The van der Waals surface area contributed by atoms with Crippen LogP contribution in [0.15, 0.2) is 53.9 Å². The average Bonchev–Trinajstić information content (AvgIpc) is 3.05. The molecule has 0 aliphatic heterocycles. The minimum atomic E-state index is -0.407. The van der Waals surface area contributed by atoms with E-state index in [1.54, 1.807) is 5.38 Å². The molecule has 3 amide bonds. The van der Waals surface area contributed by atoms with E-state index in [9.17, 15) is 14.0 Å². The number of carbonyl (C=O) groups is 2. The van der Waals surface area contributed by atoms with Gasteiger partial charge in [-0.1, -0.05) is 17.7 Å². The fourth-order valence-electron chi connectivity index (χ4n) is 2.24. The van der Waals surface area contributed by atoms with Crippen molar-refractivity contribution in [2.24, 2.45) is 0 Å². The van der Waals surface area contributed by atoms with Gasteiger partial charge in [-0.05, 0) is 43.3 Å². The Morgan fingerprint density at radius 2 is 1.59 bits per heavy atom. The third-order valence-corrected chi connectivity index (χ3v) is 4.36. The van der Waals surface area contributed by atoms with E-state index in [1.807, 2.05) is 31.2 Å². The fourth-order valence-corrected chi connectivity index (χ4v) is 2.95. The van der Waals surface area contributed by atoms with Crippen LogP contribution in [0.4, 0.5) is 25.7 Å².